The molecule has 4 rings (SSSR count). The van der Waals surface area contributed by atoms with Crippen molar-refractivity contribution < 1.29 is 13.9 Å². The number of likely N-dealkylation sites (tertiary alicyclic amines) is 1. The zero-order valence-corrected chi connectivity index (χ0v) is 15.0. The summed E-state index contributed by atoms with van der Waals surface area (Å²) in [4.78, 5) is 26.8. The Morgan fingerprint density at radius 1 is 1.33 bits per heavy atom. The monoisotopic (exact) mass is 371 g/mol. The van der Waals surface area contributed by atoms with E-state index in [9.17, 15) is 9.18 Å². The number of carbonyl (C=O) groups excluding carboxylic acids is 1. The molecule has 2 fully saturated rings. The first-order chi connectivity index (χ1) is 13.1. The van der Waals surface area contributed by atoms with Gasteiger partial charge in [-0.1, -0.05) is 0 Å². The number of amides is 1. The molecule has 1 N–H and O–H groups in total. The maximum atomic E-state index is 13.0. The number of halogens is 1. The molecule has 4 heterocycles. The van der Waals surface area contributed by atoms with Crippen LogP contribution in [0.15, 0.2) is 36.9 Å². The fourth-order valence-corrected chi connectivity index (χ4v) is 3.89. The van der Waals surface area contributed by atoms with Gasteiger partial charge in [-0.15, -0.1) is 0 Å². The van der Waals surface area contributed by atoms with Gasteiger partial charge in [-0.05, 0) is 25.0 Å². The zero-order valence-electron chi connectivity index (χ0n) is 15.0. The number of piperidine rings is 1. The molecule has 0 aromatic carbocycles. The molecule has 0 bridgehead atoms. The van der Waals surface area contributed by atoms with Gasteiger partial charge in [0.05, 0.1) is 37.1 Å². The van der Waals surface area contributed by atoms with Gasteiger partial charge in [-0.2, -0.15) is 0 Å². The van der Waals surface area contributed by atoms with Crippen LogP contribution in [-0.2, 0) is 16.0 Å². The van der Waals surface area contributed by atoms with Crippen molar-refractivity contribution in [1.82, 2.24) is 19.9 Å². The first-order valence-electron chi connectivity index (χ1n) is 9.17. The van der Waals surface area contributed by atoms with Crippen LogP contribution >= 0.6 is 0 Å². The topological polar surface area (TPSA) is 80.2 Å². The predicted molar refractivity (Wildman–Crippen MR) is 96.5 cm³/mol. The van der Waals surface area contributed by atoms with Crippen LogP contribution in [0, 0.1) is 5.82 Å². The second-order valence-electron chi connectivity index (χ2n) is 7.19. The second-order valence-corrected chi connectivity index (χ2v) is 7.19. The first-order valence-corrected chi connectivity index (χ1v) is 9.17. The summed E-state index contributed by atoms with van der Waals surface area (Å²) in [6.45, 7) is 1.87. The van der Waals surface area contributed by atoms with E-state index in [0.717, 1.165) is 31.3 Å². The minimum atomic E-state index is -0.399. The van der Waals surface area contributed by atoms with Crippen molar-refractivity contribution >= 4 is 11.7 Å². The van der Waals surface area contributed by atoms with Gasteiger partial charge in [0.25, 0.3) is 0 Å². The second kappa shape index (κ2) is 7.56. The average molecular weight is 371 g/mol. The summed E-state index contributed by atoms with van der Waals surface area (Å²) in [5.41, 5.74) is 0.264. The molecular formula is C19H22FN5O2. The molecule has 0 saturated carbocycles. The van der Waals surface area contributed by atoms with E-state index in [2.05, 4.69) is 20.3 Å². The molecule has 7 nitrogen and oxygen atoms in total. The third-order valence-corrected chi connectivity index (χ3v) is 5.14. The summed E-state index contributed by atoms with van der Waals surface area (Å²) < 4.78 is 19.1. The molecule has 1 amide bonds. The Hall–Kier alpha value is -2.61. The summed E-state index contributed by atoms with van der Waals surface area (Å²) in [7, 11) is 0. The molecule has 0 radical (unpaired) electrons. The minimum Gasteiger partial charge on any atom is -0.371 e. The lowest BCUT2D eigenvalue weighted by Gasteiger charge is -2.39. The minimum absolute atomic E-state index is 0.00196. The van der Waals surface area contributed by atoms with Crippen molar-refractivity contribution in [3.05, 3.63) is 48.4 Å². The van der Waals surface area contributed by atoms with Crippen molar-refractivity contribution in [3.63, 3.8) is 0 Å². The fraction of sp³-hybridized carbons (Fsp3) is 0.474. The number of ether oxygens (including phenoxy) is 1. The maximum Gasteiger partial charge on any atom is 0.228 e. The lowest BCUT2D eigenvalue weighted by atomic mass is 9.88. The Morgan fingerprint density at radius 2 is 2.26 bits per heavy atom. The van der Waals surface area contributed by atoms with E-state index < -0.39 is 5.82 Å². The smallest absolute Gasteiger partial charge is 0.228 e. The van der Waals surface area contributed by atoms with E-state index in [1.165, 1.54) is 6.07 Å². The summed E-state index contributed by atoms with van der Waals surface area (Å²) in [5.74, 6) is 0.334. The van der Waals surface area contributed by atoms with Crippen LogP contribution in [0.2, 0.25) is 0 Å². The Kier molecular flexibility index (Phi) is 4.98. The maximum absolute atomic E-state index is 13.0. The van der Waals surface area contributed by atoms with Gasteiger partial charge in [0.15, 0.2) is 0 Å². The van der Waals surface area contributed by atoms with Gasteiger partial charge < -0.3 is 15.0 Å². The highest BCUT2D eigenvalue weighted by molar-refractivity contribution is 5.78. The largest absolute Gasteiger partial charge is 0.371 e. The quantitative estimate of drug-likeness (QED) is 0.883. The highest BCUT2D eigenvalue weighted by Gasteiger charge is 2.44. The van der Waals surface area contributed by atoms with E-state index in [1.807, 2.05) is 4.90 Å². The number of rotatable bonds is 4. The highest BCUT2D eigenvalue weighted by atomic mass is 19.1. The third-order valence-electron chi connectivity index (χ3n) is 5.14. The van der Waals surface area contributed by atoms with Crippen LogP contribution in [0.3, 0.4) is 0 Å². The highest BCUT2D eigenvalue weighted by Crippen LogP contribution is 2.35. The lowest BCUT2D eigenvalue weighted by molar-refractivity contribution is -0.138. The average Bonchev–Trinajstić information content (AvgIpc) is 3.06. The molecule has 2 saturated heterocycles. The summed E-state index contributed by atoms with van der Waals surface area (Å²) in [6, 6.07) is 3.03. The Bertz CT molecular complexity index is 788. The van der Waals surface area contributed by atoms with Crippen LogP contribution in [0.5, 0.6) is 0 Å². The molecule has 2 aliphatic rings. The molecule has 2 aromatic rings. The summed E-state index contributed by atoms with van der Waals surface area (Å²) >= 11 is 0. The zero-order chi connectivity index (χ0) is 18.7. The number of hydrogen-bond acceptors (Lipinski definition) is 6. The van der Waals surface area contributed by atoms with Crippen LogP contribution in [0.1, 0.15) is 25.0 Å². The van der Waals surface area contributed by atoms with Gasteiger partial charge >= 0.3 is 0 Å². The van der Waals surface area contributed by atoms with Crippen LogP contribution in [-0.4, -0.2) is 57.1 Å². The van der Waals surface area contributed by atoms with E-state index in [0.29, 0.717) is 25.4 Å². The van der Waals surface area contributed by atoms with E-state index in [-0.39, 0.29) is 24.0 Å². The molecule has 0 aliphatic carbocycles. The Morgan fingerprint density at radius 3 is 3.04 bits per heavy atom. The van der Waals surface area contributed by atoms with Crippen molar-refractivity contribution in [1.29, 1.82) is 0 Å². The third kappa shape index (κ3) is 4.21. The molecule has 27 heavy (non-hydrogen) atoms. The van der Waals surface area contributed by atoms with Gasteiger partial charge in [-0.25, -0.2) is 9.37 Å². The molecule has 2 atom stereocenters. The van der Waals surface area contributed by atoms with E-state index in [4.69, 9.17) is 4.74 Å². The molecular weight excluding hydrogens is 349 g/mol. The number of pyridine rings is 1. The standard InChI is InChI=1S/C19H22FN5O2/c20-14-2-3-15(23-10-14)8-18(26)25-7-1-4-19(13-25)9-16(12-27-19)24-17-11-21-5-6-22-17/h2-3,5-6,10-11,16H,1,4,7-9,12-13H2,(H,22,24). The SMILES string of the molecule is O=C(Cc1ccc(F)cn1)N1CCCC2(CC(Nc3cnccn3)CO2)C1. The number of nitrogens with one attached hydrogen (secondary N) is 1. The molecule has 1 spiro atoms. The van der Waals surface area contributed by atoms with Crippen molar-refractivity contribution in [3.8, 4) is 0 Å². The number of aromatic nitrogens is 3. The summed E-state index contributed by atoms with van der Waals surface area (Å²) in [5, 5.41) is 3.35. The van der Waals surface area contributed by atoms with E-state index in [1.54, 1.807) is 24.7 Å². The number of nitrogens with zero attached hydrogens (tertiary/aromatic N) is 4. The van der Waals surface area contributed by atoms with Gasteiger partial charge in [0.1, 0.15) is 11.6 Å². The fourth-order valence-electron chi connectivity index (χ4n) is 3.89. The first kappa shape index (κ1) is 17.8. The predicted octanol–water partition coefficient (Wildman–Crippen LogP) is 1.82. The lowest BCUT2D eigenvalue weighted by Crippen LogP contribution is -2.50. The number of hydrogen-bond donors (Lipinski definition) is 1. The summed E-state index contributed by atoms with van der Waals surface area (Å²) in [6.07, 6.45) is 8.96. The van der Waals surface area contributed by atoms with Crippen molar-refractivity contribution in [2.24, 2.45) is 0 Å². The molecule has 2 unspecified atom stereocenters. The Balaban J connectivity index is 1.36. The van der Waals surface area contributed by atoms with Gasteiger partial charge in [-0.3, -0.25) is 14.8 Å². The van der Waals surface area contributed by atoms with E-state index >= 15 is 0 Å². The normalized spacial score (nSPS) is 24.9. The van der Waals surface area contributed by atoms with Crippen molar-refractivity contribution in [2.75, 3.05) is 25.0 Å². The van der Waals surface area contributed by atoms with Crippen molar-refractivity contribution in [2.45, 2.75) is 37.3 Å². The Labute approximate surface area is 157 Å². The van der Waals surface area contributed by atoms with Gasteiger partial charge in [0, 0.05) is 37.6 Å². The number of anilines is 1. The molecule has 2 aromatic heterocycles. The molecule has 8 heteroatoms. The molecule has 2 aliphatic heterocycles. The van der Waals surface area contributed by atoms with Crippen LogP contribution in [0.25, 0.3) is 0 Å². The molecule has 142 valence electrons. The van der Waals surface area contributed by atoms with Gasteiger partial charge in [0.2, 0.25) is 5.91 Å². The number of carbonyl (C=O) groups is 1. The van der Waals surface area contributed by atoms with Crippen LogP contribution < -0.4 is 5.32 Å². The van der Waals surface area contributed by atoms with Crippen LogP contribution in [0.4, 0.5) is 10.2 Å².